The van der Waals surface area contributed by atoms with Gasteiger partial charge in [0.15, 0.2) is 0 Å². The minimum absolute atomic E-state index is 0.130. The first-order valence-electron chi connectivity index (χ1n) is 7.94. The molecule has 134 valence electrons. The summed E-state index contributed by atoms with van der Waals surface area (Å²) in [5.74, 6) is -0.674. The van der Waals surface area contributed by atoms with Crippen LogP contribution in [0.25, 0.3) is 5.69 Å². The molecule has 4 nitrogen and oxygen atoms in total. The molecule has 0 fully saturated rings. The second kappa shape index (κ2) is 7.66. The maximum absolute atomic E-state index is 14.3. The number of nitrogens with zero attached hydrogens (tertiary/aromatic N) is 2. The first-order chi connectivity index (χ1) is 12.5. The molecule has 2 aromatic carbocycles. The number of imidazole rings is 1. The number of rotatable bonds is 5. The maximum atomic E-state index is 14.3. The van der Waals surface area contributed by atoms with Crippen molar-refractivity contribution in [1.29, 1.82) is 0 Å². The largest absolute Gasteiger partial charge is 0.352 e. The number of hydrogen-bond donors (Lipinski definition) is 1. The molecule has 0 saturated heterocycles. The van der Waals surface area contributed by atoms with E-state index in [4.69, 9.17) is 11.6 Å². The van der Waals surface area contributed by atoms with Crippen molar-refractivity contribution in [3.63, 3.8) is 0 Å². The summed E-state index contributed by atoms with van der Waals surface area (Å²) in [5.41, 5.74) is 1.12. The van der Waals surface area contributed by atoms with E-state index in [9.17, 15) is 13.6 Å². The topological polar surface area (TPSA) is 46.9 Å². The van der Waals surface area contributed by atoms with Crippen LogP contribution in [0.2, 0.25) is 5.02 Å². The monoisotopic (exact) mass is 375 g/mol. The second-order valence-electron chi connectivity index (χ2n) is 5.78. The Morgan fingerprint density at radius 1 is 1.23 bits per heavy atom. The molecule has 0 saturated carbocycles. The summed E-state index contributed by atoms with van der Waals surface area (Å²) >= 11 is 5.91. The van der Waals surface area contributed by atoms with Crippen molar-refractivity contribution in [1.82, 2.24) is 14.9 Å². The number of halogens is 3. The van der Waals surface area contributed by atoms with Gasteiger partial charge in [-0.3, -0.25) is 4.79 Å². The Bertz CT molecular complexity index is 935. The van der Waals surface area contributed by atoms with E-state index in [-0.39, 0.29) is 23.6 Å². The van der Waals surface area contributed by atoms with Crippen molar-refractivity contribution < 1.29 is 13.6 Å². The molecular formula is C19H16ClF2N3O. The fraction of sp³-hybridized carbons (Fsp3) is 0.158. The summed E-state index contributed by atoms with van der Waals surface area (Å²) in [5, 5.41) is 2.84. The Kier molecular flexibility index (Phi) is 5.32. The first kappa shape index (κ1) is 18.1. The third-order valence-electron chi connectivity index (χ3n) is 3.99. The van der Waals surface area contributed by atoms with Crippen molar-refractivity contribution in [2.75, 3.05) is 0 Å². The highest BCUT2D eigenvalue weighted by Crippen LogP contribution is 2.20. The molecule has 1 amide bonds. The lowest BCUT2D eigenvalue weighted by Gasteiger charge is -2.10. The molecule has 26 heavy (non-hydrogen) atoms. The van der Waals surface area contributed by atoms with Gasteiger partial charge in [0.2, 0.25) is 5.91 Å². The summed E-state index contributed by atoms with van der Waals surface area (Å²) in [6.45, 7) is 1.91. The fourth-order valence-corrected chi connectivity index (χ4v) is 2.84. The van der Waals surface area contributed by atoms with Crippen LogP contribution >= 0.6 is 11.6 Å². The molecule has 0 aliphatic rings. The van der Waals surface area contributed by atoms with Crippen LogP contribution in [0.15, 0.2) is 48.8 Å². The predicted octanol–water partition coefficient (Wildman–Crippen LogP) is 3.97. The van der Waals surface area contributed by atoms with Crippen LogP contribution in [-0.2, 0) is 17.8 Å². The zero-order chi connectivity index (χ0) is 18.7. The van der Waals surface area contributed by atoms with Crippen LogP contribution in [-0.4, -0.2) is 15.5 Å². The lowest BCUT2D eigenvalue weighted by molar-refractivity contribution is -0.120. The average Bonchev–Trinajstić information content (AvgIpc) is 3.02. The van der Waals surface area contributed by atoms with Gasteiger partial charge in [-0.05, 0) is 36.8 Å². The summed E-state index contributed by atoms with van der Waals surface area (Å²) in [6, 6.07) is 8.95. The third-order valence-corrected chi connectivity index (χ3v) is 4.34. The van der Waals surface area contributed by atoms with Gasteiger partial charge in [-0.2, -0.15) is 0 Å². The van der Waals surface area contributed by atoms with Gasteiger partial charge in [-0.1, -0.05) is 23.7 Å². The number of aromatic nitrogens is 2. The number of carbonyl (C=O) groups is 1. The van der Waals surface area contributed by atoms with E-state index in [1.165, 1.54) is 24.3 Å². The molecule has 0 unspecified atom stereocenters. The predicted molar refractivity (Wildman–Crippen MR) is 95.2 cm³/mol. The van der Waals surface area contributed by atoms with Gasteiger partial charge >= 0.3 is 0 Å². The zero-order valence-electron chi connectivity index (χ0n) is 14.0. The quantitative estimate of drug-likeness (QED) is 0.733. The van der Waals surface area contributed by atoms with Crippen molar-refractivity contribution in [3.05, 3.63) is 82.4 Å². The lowest BCUT2D eigenvalue weighted by atomic mass is 10.1. The van der Waals surface area contributed by atoms with E-state index < -0.39 is 17.5 Å². The molecule has 1 N–H and O–H groups in total. The Morgan fingerprint density at radius 3 is 2.69 bits per heavy atom. The minimum Gasteiger partial charge on any atom is -0.352 e. The first-order valence-corrected chi connectivity index (χ1v) is 8.32. The van der Waals surface area contributed by atoms with E-state index in [1.54, 1.807) is 36.0 Å². The average molecular weight is 376 g/mol. The van der Waals surface area contributed by atoms with E-state index >= 15 is 0 Å². The summed E-state index contributed by atoms with van der Waals surface area (Å²) in [7, 11) is 0. The molecule has 3 rings (SSSR count). The van der Waals surface area contributed by atoms with Gasteiger partial charge in [-0.25, -0.2) is 13.8 Å². The Labute approximate surface area is 154 Å². The summed E-state index contributed by atoms with van der Waals surface area (Å²) in [4.78, 5) is 16.1. The molecule has 3 aromatic rings. The summed E-state index contributed by atoms with van der Waals surface area (Å²) < 4.78 is 29.7. The van der Waals surface area contributed by atoms with Crippen LogP contribution in [0.5, 0.6) is 0 Å². The van der Waals surface area contributed by atoms with Gasteiger partial charge in [0, 0.05) is 29.5 Å². The molecule has 0 atom stereocenters. The molecule has 0 aliphatic carbocycles. The highest BCUT2D eigenvalue weighted by Gasteiger charge is 2.12. The normalized spacial score (nSPS) is 10.8. The van der Waals surface area contributed by atoms with E-state index in [1.807, 2.05) is 0 Å². The molecule has 1 aromatic heterocycles. The second-order valence-corrected chi connectivity index (χ2v) is 6.19. The number of hydrogen-bond acceptors (Lipinski definition) is 2. The molecule has 0 bridgehead atoms. The van der Waals surface area contributed by atoms with Crippen LogP contribution in [0, 0.1) is 18.6 Å². The van der Waals surface area contributed by atoms with Crippen molar-refractivity contribution in [2.45, 2.75) is 19.9 Å². The molecule has 0 spiro atoms. The molecule has 0 radical (unpaired) electrons. The number of amides is 1. The van der Waals surface area contributed by atoms with Crippen molar-refractivity contribution >= 4 is 17.5 Å². The highest BCUT2D eigenvalue weighted by atomic mass is 35.5. The number of carbonyl (C=O) groups excluding carboxylic acids is 1. The van der Waals surface area contributed by atoms with Crippen LogP contribution in [0.4, 0.5) is 8.78 Å². The molecule has 7 heteroatoms. The van der Waals surface area contributed by atoms with Crippen LogP contribution in [0.3, 0.4) is 0 Å². The van der Waals surface area contributed by atoms with Gasteiger partial charge in [0.05, 0.1) is 12.1 Å². The van der Waals surface area contributed by atoms with E-state index in [0.717, 1.165) is 0 Å². The molecular weight excluding hydrogens is 360 g/mol. The Balaban J connectivity index is 1.66. The van der Waals surface area contributed by atoms with E-state index in [2.05, 4.69) is 10.3 Å². The van der Waals surface area contributed by atoms with E-state index in [0.29, 0.717) is 17.1 Å². The summed E-state index contributed by atoms with van der Waals surface area (Å²) in [6.07, 6.45) is 3.09. The maximum Gasteiger partial charge on any atom is 0.224 e. The van der Waals surface area contributed by atoms with Gasteiger partial charge in [0.25, 0.3) is 0 Å². The number of aryl methyl sites for hydroxylation is 1. The highest BCUT2D eigenvalue weighted by molar-refractivity contribution is 6.31. The SMILES string of the molecule is Cc1nccn1-c1ccc(CNC(=O)Cc2c(F)cccc2Cl)cc1F. The van der Waals surface area contributed by atoms with Gasteiger partial charge in [-0.15, -0.1) is 0 Å². The van der Waals surface area contributed by atoms with Crippen LogP contribution < -0.4 is 5.32 Å². The Hall–Kier alpha value is -2.73. The van der Waals surface area contributed by atoms with Crippen molar-refractivity contribution in [3.8, 4) is 5.69 Å². The minimum atomic E-state index is -0.529. The number of benzene rings is 2. The number of nitrogens with one attached hydrogen (secondary N) is 1. The zero-order valence-corrected chi connectivity index (χ0v) is 14.7. The fourth-order valence-electron chi connectivity index (χ4n) is 2.61. The van der Waals surface area contributed by atoms with Crippen LogP contribution in [0.1, 0.15) is 17.0 Å². The molecule has 0 aliphatic heterocycles. The lowest BCUT2D eigenvalue weighted by Crippen LogP contribution is -2.25. The van der Waals surface area contributed by atoms with Gasteiger partial charge in [0.1, 0.15) is 17.5 Å². The standard InChI is InChI=1S/C19H16ClF2N3O/c1-12-23-7-8-25(12)18-6-5-13(9-17(18)22)11-24-19(26)10-14-15(20)3-2-4-16(14)21/h2-9H,10-11H2,1H3,(H,24,26). The van der Waals surface area contributed by atoms with Crippen molar-refractivity contribution in [2.24, 2.45) is 0 Å². The Morgan fingerprint density at radius 2 is 2.04 bits per heavy atom. The smallest absolute Gasteiger partial charge is 0.224 e. The molecule has 1 heterocycles. The van der Waals surface area contributed by atoms with Gasteiger partial charge < -0.3 is 9.88 Å². The third kappa shape index (κ3) is 3.91.